The maximum absolute atomic E-state index is 13.1. The highest BCUT2D eigenvalue weighted by molar-refractivity contribution is 6.07. The van der Waals surface area contributed by atoms with Crippen LogP contribution in [0.25, 0.3) is 0 Å². The maximum atomic E-state index is 13.1. The molecule has 2 aliphatic rings. The van der Waals surface area contributed by atoms with Crippen LogP contribution in [0.5, 0.6) is 0 Å². The molecule has 1 amide bonds. The first-order valence-electron chi connectivity index (χ1n) is 7.93. The normalized spacial score (nSPS) is 26.4. The van der Waals surface area contributed by atoms with Crippen molar-refractivity contribution in [3.63, 3.8) is 0 Å². The van der Waals surface area contributed by atoms with Crippen molar-refractivity contribution in [3.8, 4) is 0 Å². The lowest BCUT2D eigenvalue weighted by molar-refractivity contribution is -0.133. The van der Waals surface area contributed by atoms with Gasteiger partial charge >= 0.3 is 0 Å². The molecule has 1 fully saturated rings. The summed E-state index contributed by atoms with van der Waals surface area (Å²) in [7, 11) is 0. The van der Waals surface area contributed by atoms with Gasteiger partial charge in [0, 0.05) is 6.54 Å². The molecule has 1 aliphatic heterocycles. The van der Waals surface area contributed by atoms with Crippen LogP contribution in [0.1, 0.15) is 44.6 Å². The van der Waals surface area contributed by atoms with Crippen LogP contribution in [0.4, 0.5) is 0 Å². The van der Waals surface area contributed by atoms with Crippen molar-refractivity contribution in [3.05, 3.63) is 35.9 Å². The Kier molecular flexibility index (Phi) is 3.70. The van der Waals surface area contributed by atoms with Crippen molar-refractivity contribution >= 4 is 11.9 Å². The first-order valence-corrected chi connectivity index (χ1v) is 7.93. The summed E-state index contributed by atoms with van der Waals surface area (Å²) in [6, 6.07) is 9.97. The first-order chi connectivity index (χ1) is 10.2. The number of nitrogens with zero attached hydrogens (tertiary/aromatic N) is 2. The number of carbonyl (C=O) groups excluding carboxylic acids is 1. The third kappa shape index (κ3) is 2.13. The molecule has 3 rings (SSSR count). The fourth-order valence-electron chi connectivity index (χ4n) is 3.76. The zero-order valence-electron chi connectivity index (χ0n) is 12.6. The van der Waals surface area contributed by atoms with E-state index in [9.17, 15) is 4.79 Å². The second kappa shape index (κ2) is 5.51. The second-order valence-corrected chi connectivity index (χ2v) is 6.04. The summed E-state index contributed by atoms with van der Waals surface area (Å²) < 4.78 is 0. The molecule has 1 saturated carbocycles. The molecular formula is C17H23N3O. The van der Waals surface area contributed by atoms with E-state index in [0.29, 0.717) is 12.5 Å². The lowest BCUT2D eigenvalue weighted by Crippen LogP contribution is -2.46. The summed E-state index contributed by atoms with van der Waals surface area (Å²) in [5.74, 6) is 0.727. The number of guanidine groups is 1. The smallest absolute Gasteiger partial charge is 0.262 e. The minimum Gasteiger partial charge on any atom is -0.369 e. The van der Waals surface area contributed by atoms with E-state index in [4.69, 9.17) is 10.7 Å². The van der Waals surface area contributed by atoms with Gasteiger partial charge in [0.1, 0.15) is 0 Å². The zero-order chi connectivity index (χ0) is 14.9. The van der Waals surface area contributed by atoms with Gasteiger partial charge in [0.25, 0.3) is 5.91 Å². The van der Waals surface area contributed by atoms with Crippen LogP contribution in [0, 0.1) is 5.92 Å². The molecule has 0 aromatic heterocycles. The van der Waals surface area contributed by atoms with Gasteiger partial charge < -0.3 is 5.73 Å². The highest BCUT2D eigenvalue weighted by Crippen LogP contribution is 2.46. The van der Waals surface area contributed by atoms with Gasteiger partial charge in [-0.3, -0.25) is 9.69 Å². The number of aliphatic imine (C=N–C) groups is 1. The number of benzene rings is 1. The van der Waals surface area contributed by atoms with Crippen LogP contribution in [0.15, 0.2) is 35.3 Å². The number of hydrogen-bond acceptors (Lipinski definition) is 3. The molecule has 1 unspecified atom stereocenters. The van der Waals surface area contributed by atoms with E-state index >= 15 is 0 Å². The molecule has 0 radical (unpaired) electrons. The van der Waals surface area contributed by atoms with Crippen LogP contribution >= 0.6 is 0 Å². The molecule has 112 valence electrons. The Morgan fingerprint density at radius 2 is 1.95 bits per heavy atom. The third-order valence-corrected chi connectivity index (χ3v) is 4.75. The van der Waals surface area contributed by atoms with Crippen LogP contribution in [-0.2, 0) is 10.3 Å². The van der Waals surface area contributed by atoms with Crippen molar-refractivity contribution in [1.29, 1.82) is 0 Å². The van der Waals surface area contributed by atoms with E-state index in [1.807, 2.05) is 30.3 Å². The Labute approximate surface area is 126 Å². The molecule has 1 heterocycles. The van der Waals surface area contributed by atoms with Crippen molar-refractivity contribution < 1.29 is 4.79 Å². The Hall–Kier alpha value is -1.84. The van der Waals surface area contributed by atoms with Crippen LogP contribution in [0.3, 0.4) is 0 Å². The third-order valence-electron chi connectivity index (χ3n) is 4.75. The minimum atomic E-state index is -0.781. The lowest BCUT2D eigenvalue weighted by Gasteiger charge is -2.32. The van der Waals surface area contributed by atoms with Crippen molar-refractivity contribution in [2.24, 2.45) is 16.6 Å². The van der Waals surface area contributed by atoms with E-state index in [-0.39, 0.29) is 11.8 Å². The predicted molar refractivity (Wildman–Crippen MR) is 83.7 cm³/mol. The van der Waals surface area contributed by atoms with E-state index in [0.717, 1.165) is 24.8 Å². The average molecular weight is 285 g/mol. The molecule has 1 aliphatic carbocycles. The Bertz CT molecular complexity index is 548. The number of nitrogens with two attached hydrogens (primary N) is 1. The zero-order valence-corrected chi connectivity index (χ0v) is 12.6. The van der Waals surface area contributed by atoms with E-state index in [1.54, 1.807) is 4.90 Å². The van der Waals surface area contributed by atoms with E-state index in [2.05, 4.69) is 6.92 Å². The number of hydrogen-bond donors (Lipinski definition) is 1. The molecule has 0 saturated heterocycles. The van der Waals surface area contributed by atoms with Gasteiger partial charge in [-0.2, -0.15) is 0 Å². The lowest BCUT2D eigenvalue weighted by atomic mass is 9.77. The molecule has 0 spiro atoms. The van der Waals surface area contributed by atoms with Gasteiger partial charge in [-0.1, -0.05) is 50.1 Å². The van der Waals surface area contributed by atoms with Crippen LogP contribution in [-0.4, -0.2) is 23.3 Å². The van der Waals surface area contributed by atoms with E-state index < -0.39 is 5.54 Å². The molecule has 1 atom stereocenters. The SMILES string of the molecule is CCCN1C(=O)C(c2ccccc2)(C2CCCC2)N=C1N. The molecule has 2 N–H and O–H groups in total. The van der Waals surface area contributed by atoms with Crippen LogP contribution in [0.2, 0.25) is 0 Å². The van der Waals surface area contributed by atoms with Crippen molar-refractivity contribution in [2.45, 2.75) is 44.6 Å². The molecule has 4 heteroatoms. The van der Waals surface area contributed by atoms with Gasteiger partial charge in [0.2, 0.25) is 0 Å². The molecule has 1 aromatic carbocycles. The minimum absolute atomic E-state index is 0.0694. The van der Waals surface area contributed by atoms with Gasteiger partial charge in [-0.15, -0.1) is 0 Å². The van der Waals surface area contributed by atoms with Gasteiger partial charge in [-0.05, 0) is 30.7 Å². The van der Waals surface area contributed by atoms with Gasteiger partial charge in [-0.25, -0.2) is 4.99 Å². The number of rotatable bonds is 4. The number of amides is 1. The van der Waals surface area contributed by atoms with Gasteiger partial charge in [0.15, 0.2) is 11.5 Å². The Morgan fingerprint density at radius 3 is 2.57 bits per heavy atom. The van der Waals surface area contributed by atoms with Crippen molar-refractivity contribution in [2.75, 3.05) is 6.54 Å². The standard InChI is InChI=1S/C17H23N3O/c1-2-12-20-15(21)17(19-16(20)18,14-10-6-7-11-14)13-8-4-3-5-9-13/h3-5,8-9,14H,2,6-7,10-12H2,1H3,(H2,18,19). The molecule has 21 heavy (non-hydrogen) atoms. The molecule has 0 bridgehead atoms. The topological polar surface area (TPSA) is 58.7 Å². The summed E-state index contributed by atoms with van der Waals surface area (Å²) in [6.45, 7) is 2.70. The maximum Gasteiger partial charge on any atom is 0.262 e. The highest BCUT2D eigenvalue weighted by atomic mass is 16.2. The molecule has 4 nitrogen and oxygen atoms in total. The average Bonchev–Trinajstić information content (AvgIpc) is 3.11. The largest absolute Gasteiger partial charge is 0.369 e. The quantitative estimate of drug-likeness (QED) is 0.924. The summed E-state index contributed by atoms with van der Waals surface area (Å²) in [4.78, 5) is 19.5. The summed E-state index contributed by atoms with van der Waals surface area (Å²) >= 11 is 0. The summed E-state index contributed by atoms with van der Waals surface area (Å²) in [5.41, 5.74) is 6.30. The van der Waals surface area contributed by atoms with Crippen LogP contribution < -0.4 is 5.73 Å². The van der Waals surface area contributed by atoms with Gasteiger partial charge in [0.05, 0.1) is 0 Å². The first kappa shape index (κ1) is 14.1. The summed E-state index contributed by atoms with van der Waals surface area (Å²) in [5, 5.41) is 0. The molecular weight excluding hydrogens is 262 g/mol. The highest BCUT2D eigenvalue weighted by Gasteiger charge is 2.54. The predicted octanol–water partition coefficient (Wildman–Crippen LogP) is 2.64. The molecule has 1 aromatic rings. The van der Waals surface area contributed by atoms with Crippen molar-refractivity contribution in [1.82, 2.24) is 4.90 Å². The fourth-order valence-corrected chi connectivity index (χ4v) is 3.76. The Morgan fingerprint density at radius 1 is 1.29 bits per heavy atom. The Balaban J connectivity index is 2.08. The second-order valence-electron chi connectivity index (χ2n) is 6.04. The monoisotopic (exact) mass is 285 g/mol. The summed E-state index contributed by atoms with van der Waals surface area (Å²) in [6.07, 6.45) is 5.34. The number of carbonyl (C=O) groups is 1. The van der Waals surface area contributed by atoms with E-state index in [1.165, 1.54) is 12.8 Å². The fraction of sp³-hybridized carbons (Fsp3) is 0.529.